The van der Waals surface area contributed by atoms with Crippen LogP contribution < -0.4 is 14.8 Å². The Kier molecular flexibility index (Phi) is 4.62. The molecule has 5 heteroatoms. The lowest BCUT2D eigenvalue weighted by molar-refractivity contribution is 0.397. The highest BCUT2D eigenvalue weighted by atomic mass is 16.5. The van der Waals surface area contributed by atoms with Gasteiger partial charge in [0.1, 0.15) is 17.3 Å². The van der Waals surface area contributed by atoms with Crippen LogP contribution in [0.5, 0.6) is 11.5 Å². The Morgan fingerprint density at radius 1 is 1.05 bits per heavy atom. The smallest absolute Gasteiger partial charge is 0.149 e. The van der Waals surface area contributed by atoms with Crippen molar-refractivity contribution in [2.45, 2.75) is 26.8 Å². The zero-order valence-corrected chi connectivity index (χ0v) is 13.1. The zero-order chi connectivity index (χ0) is 15.4. The Morgan fingerprint density at radius 2 is 1.81 bits per heavy atom. The predicted molar refractivity (Wildman–Crippen MR) is 83.1 cm³/mol. The van der Waals surface area contributed by atoms with Crippen LogP contribution in [0.3, 0.4) is 0 Å². The first kappa shape index (κ1) is 15.1. The van der Waals surface area contributed by atoms with E-state index < -0.39 is 0 Å². The molecule has 0 aliphatic heterocycles. The summed E-state index contributed by atoms with van der Waals surface area (Å²) < 4.78 is 10.7. The molecule has 1 N–H and O–H groups in total. The maximum atomic E-state index is 5.41. The predicted octanol–water partition coefficient (Wildman–Crippen LogP) is 3.28. The molecule has 0 saturated carbocycles. The molecule has 0 spiro atoms. The molecule has 21 heavy (non-hydrogen) atoms. The Bertz CT molecular complexity index is 629. The maximum Gasteiger partial charge on any atom is 0.149 e. The Hall–Kier alpha value is -2.30. The fourth-order valence-corrected chi connectivity index (χ4v) is 2.09. The van der Waals surface area contributed by atoms with Gasteiger partial charge < -0.3 is 14.8 Å². The number of anilines is 1. The second-order valence-electron chi connectivity index (χ2n) is 4.97. The van der Waals surface area contributed by atoms with Crippen LogP contribution in [0, 0.1) is 13.8 Å². The summed E-state index contributed by atoms with van der Waals surface area (Å²) in [4.78, 5) is 0. The summed E-state index contributed by atoms with van der Waals surface area (Å²) in [6.45, 7) is 6.01. The third-order valence-electron chi connectivity index (χ3n) is 3.50. The third-order valence-corrected chi connectivity index (χ3v) is 3.50. The largest absolute Gasteiger partial charge is 0.497 e. The second kappa shape index (κ2) is 6.43. The van der Waals surface area contributed by atoms with Gasteiger partial charge in [0.05, 0.1) is 26.0 Å². The molecule has 1 heterocycles. The van der Waals surface area contributed by atoms with Crippen molar-refractivity contribution in [2.24, 2.45) is 0 Å². The molecular weight excluding hydrogens is 266 g/mol. The lowest BCUT2D eigenvalue weighted by Crippen LogP contribution is -2.10. The first-order valence-corrected chi connectivity index (χ1v) is 6.84. The minimum absolute atomic E-state index is 0.0199. The zero-order valence-electron chi connectivity index (χ0n) is 13.1. The average Bonchev–Trinajstić information content (AvgIpc) is 2.50. The van der Waals surface area contributed by atoms with Crippen molar-refractivity contribution in [1.29, 1.82) is 0 Å². The fourth-order valence-electron chi connectivity index (χ4n) is 2.09. The van der Waals surface area contributed by atoms with Crippen molar-refractivity contribution in [3.63, 3.8) is 0 Å². The SMILES string of the molecule is COc1ccc(OC)c(C(C)Nc2cc(C)c(C)nn2)c1. The van der Waals surface area contributed by atoms with Crippen molar-refractivity contribution in [2.75, 3.05) is 19.5 Å². The molecule has 2 aromatic rings. The summed E-state index contributed by atoms with van der Waals surface area (Å²) in [5, 5.41) is 11.6. The van der Waals surface area contributed by atoms with E-state index in [9.17, 15) is 0 Å². The first-order valence-electron chi connectivity index (χ1n) is 6.84. The van der Waals surface area contributed by atoms with Gasteiger partial charge in [-0.05, 0) is 50.6 Å². The van der Waals surface area contributed by atoms with Crippen molar-refractivity contribution in [3.05, 3.63) is 41.1 Å². The van der Waals surface area contributed by atoms with Gasteiger partial charge in [-0.3, -0.25) is 0 Å². The number of ether oxygens (including phenoxy) is 2. The number of hydrogen-bond donors (Lipinski definition) is 1. The molecule has 0 bridgehead atoms. The normalized spacial score (nSPS) is 11.9. The molecule has 1 unspecified atom stereocenters. The number of rotatable bonds is 5. The first-order chi connectivity index (χ1) is 10.0. The highest BCUT2D eigenvalue weighted by Gasteiger charge is 2.13. The molecule has 1 atom stereocenters. The fraction of sp³-hybridized carbons (Fsp3) is 0.375. The van der Waals surface area contributed by atoms with Gasteiger partial charge in [0, 0.05) is 5.56 Å². The molecule has 5 nitrogen and oxygen atoms in total. The average molecular weight is 287 g/mol. The minimum atomic E-state index is 0.0199. The van der Waals surface area contributed by atoms with E-state index in [1.807, 2.05) is 45.0 Å². The highest BCUT2D eigenvalue weighted by molar-refractivity contribution is 5.47. The third kappa shape index (κ3) is 3.42. The summed E-state index contributed by atoms with van der Waals surface area (Å²) in [6, 6.07) is 7.76. The number of nitrogens with zero attached hydrogens (tertiary/aromatic N) is 2. The van der Waals surface area contributed by atoms with Gasteiger partial charge in [-0.25, -0.2) is 0 Å². The summed E-state index contributed by atoms with van der Waals surface area (Å²) in [7, 11) is 3.31. The van der Waals surface area contributed by atoms with Crippen LogP contribution in [-0.4, -0.2) is 24.4 Å². The molecule has 1 aromatic heterocycles. The van der Waals surface area contributed by atoms with E-state index in [1.165, 1.54) is 0 Å². The van der Waals surface area contributed by atoms with Crippen molar-refractivity contribution < 1.29 is 9.47 Å². The van der Waals surface area contributed by atoms with Crippen LogP contribution in [0.15, 0.2) is 24.3 Å². The number of aromatic nitrogens is 2. The number of hydrogen-bond acceptors (Lipinski definition) is 5. The van der Waals surface area contributed by atoms with Crippen molar-refractivity contribution in [3.8, 4) is 11.5 Å². The van der Waals surface area contributed by atoms with E-state index in [0.717, 1.165) is 34.1 Å². The second-order valence-corrected chi connectivity index (χ2v) is 4.97. The minimum Gasteiger partial charge on any atom is -0.497 e. The van der Waals surface area contributed by atoms with Crippen LogP contribution >= 0.6 is 0 Å². The number of benzene rings is 1. The van der Waals surface area contributed by atoms with E-state index in [2.05, 4.69) is 15.5 Å². The van der Waals surface area contributed by atoms with E-state index in [-0.39, 0.29) is 6.04 Å². The Balaban J connectivity index is 2.26. The van der Waals surface area contributed by atoms with E-state index >= 15 is 0 Å². The summed E-state index contributed by atoms with van der Waals surface area (Å²) >= 11 is 0. The van der Waals surface area contributed by atoms with Crippen LogP contribution in [0.4, 0.5) is 5.82 Å². The monoisotopic (exact) mass is 287 g/mol. The maximum absolute atomic E-state index is 5.41. The van der Waals surface area contributed by atoms with Gasteiger partial charge in [0.25, 0.3) is 0 Å². The van der Waals surface area contributed by atoms with E-state index in [0.29, 0.717) is 0 Å². The number of methoxy groups -OCH3 is 2. The molecule has 0 aliphatic rings. The van der Waals surface area contributed by atoms with Crippen LogP contribution in [0.25, 0.3) is 0 Å². The molecule has 0 radical (unpaired) electrons. The Morgan fingerprint density at radius 3 is 2.43 bits per heavy atom. The van der Waals surface area contributed by atoms with Crippen molar-refractivity contribution in [1.82, 2.24) is 10.2 Å². The topological polar surface area (TPSA) is 56.3 Å². The summed E-state index contributed by atoms with van der Waals surface area (Å²) in [5.41, 5.74) is 3.06. The molecule has 2 rings (SSSR count). The van der Waals surface area contributed by atoms with Gasteiger partial charge >= 0.3 is 0 Å². The summed E-state index contributed by atoms with van der Waals surface area (Å²) in [5.74, 6) is 2.36. The van der Waals surface area contributed by atoms with Gasteiger partial charge in [-0.15, -0.1) is 5.10 Å². The van der Waals surface area contributed by atoms with Crippen molar-refractivity contribution >= 4 is 5.82 Å². The van der Waals surface area contributed by atoms with E-state index in [4.69, 9.17) is 9.47 Å². The van der Waals surface area contributed by atoms with Gasteiger partial charge in [0.15, 0.2) is 0 Å². The van der Waals surface area contributed by atoms with E-state index in [1.54, 1.807) is 14.2 Å². The van der Waals surface area contributed by atoms with Gasteiger partial charge in [-0.1, -0.05) is 0 Å². The molecular formula is C16H21N3O2. The lowest BCUT2D eigenvalue weighted by atomic mass is 10.1. The summed E-state index contributed by atoms with van der Waals surface area (Å²) in [6.07, 6.45) is 0. The molecule has 0 fully saturated rings. The molecule has 0 aliphatic carbocycles. The number of aryl methyl sites for hydroxylation is 2. The van der Waals surface area contributed by atoms with Gasteiger partial charge in [0.2, 0.25) is 0 Å². The molecule has 112 valence electrons. The van der Waals surface area contributed by atoms with Gasteiger partial charge in [-0.2, -0.15) is 5.10 Å². The molecule has 0 amide bonds. The standard InChI is InChI=1S/C16H21N3O2/c1-10-8-16(19-18-11(10)2)17-12(3)14-9-13(20-4)6-7-15(14)21-5/h6-9,12H,1-5H3,(H,17,19). The molecule has 0 saturated heterocycles. The molecule has 1 aromatic carbocycles. The lowest BCUT2D eigenvalue weighted by Gasteiger charge is -2.18. The van der Waals surface area contributed by atoms with Crippen LogP contribution in [0.2, 0.25) is 0 Å². The van der Waals surface area contributed by atoms with Crippen LogP contribution in [0.1, 0.15) is 29.8 Å². The Labute approximate surface area is 125 Å². The highest BCUT2D eigenvalue weighted by Crippen LogP contribution is 2.30. The van der Waals surface area contributed by atoms with Crippen LogP contribution in [-0.2, 0) is 0 Å². The quantitative estimate of drug-likeness (QED) is 0.914. The number of nitrogens with one attached hydrogen (secondary N) is 1.